The maximum Gasteiger partial charge on any atom is 0.246 e. The molecule has 0 saturated carbocycles. The van der Waals surface area contributed by atoms with Crippen LogP contribution in [0.4, 0.5) is 5.82 Å². The Hall–Kier alpha value is -2.29. The van der Waals surface area contributed by atoms with Gasteiger partial charge in [0.15, 0.2) is 0 Å². The molecular formula is C25H34BrN5OS. The first-order chi connectivity index (χ1) is 15.8. The smallest absolute Gasteiger partial charge is 0.246 e. The van der Waals surface area contributed by atoms with Crippen LogP contribution < -0.4 is 5.32 Å². The minimum atomic E-state index is 0.0875. The van der Waals surface area contributed by atoms with E-state index in [2.05, 4.69) is 63.1 Å². The second kappa shape index (κ2) is 13.4. The molecule has 1 aliphatic heterocycles. The molecule has 2 aromatic rings. The minimum absolute atomic E-state index is 0.0875. The highest BCUT2D eigenvalue weighted by molar-refractivity contribution is 9.11. The molecule has 0 aliphatic carbocycles. The molecule has 0 unspecified atom stereocenters. The normalized spacial score (nSPS) is 13.6. The molecule has 0 fully saturated rings. The van der Waals surface area contributed by atoms with Crippen molar-refractivity contribution in [3.05, 3.63) is 64.4 Å². The zero-order valence-electron chi connectivity index (χ0n) is 20.0. The minimum Gasteiger partial charge on any atom is -0.344 e. The lowest BCUT2D eigenvalue weighted by Gasteiger charge is -2.26. The number of fused-ring (bicyclic) bond motifs is 3. The molecule has 6 nitrogen and oxygen atoms in total. The molecular weight excluding hydrogens is 498 g/mol. The number of nitrogens with one attached hydrogen (secondary N) is 1. The number of rotatable bonds is 8. The van der Waals surface area contributed by atoms with E-state index in [1.54, 1.807) is 29.8 Å². The second-order valence-corrected chi connectivity index (χ2v) is 9.65. The third-order valence-electron chi connectivity index (χ3n) is 5.44. The van der Waals surface area contributed by atoms with Crippen LogP contribution in [0, 0.1) is 0 Å². The van der Waals surface area contributed by atoms with Crippen LogP contribution in [-0.2, 0) is 17.8 Å². The van der Waals surface area contributed by atoms with Gasteiger partial charge in [0.1, 0.15) is 17.0 Å². The van der Waals surface area contributed by atoms with Crippen molar-refractivity contribution in [3.63, 3.8) is 0 Å². The van der Waals surface area contributed by atoms with Crippen LogP contribution in [0.5, 0.6) is 0 Å². The van der Waals surface area contributed by atoms with Gasteiger partial charge in [0, 0.05) is 34.2 Å². The third kappa shape index (κ3) is 7.62. The summed E-state index contributed by atoms with van der Waals surface area (Å²) in [6.45, 7) is 19.4. The van der Waals surface area contributed by atoms with Crippen LogP contribution in [0.1, 0.15) is 38.1 Å². The van der Waals surface area contributed by atoms with Crippen LogP contribution >= 0.6 is 27.3 Å². The molecule has 33 heavy (non-hydrogen) atoms. The predicted molar refractivity (Wildman–Crippen MR) is 145 cm³/mol. The van der Waals surface area contributed by atoms with E-state index in [9.17, 15) is 4.79 Å². The summed E-state index contributed by atoms with van der Waals surface area (Å²) in [5, 5.41) is 4.48. The van der Waals surface area contributed by atoms with E-state index < -0.39 is 0 Å². The van der Waals surface area contributed by atoms with E-state index >= 15 is 0 Å². The van der Waals surface area contributed by atoms with Crippen molar-refractivity contribution >= 4 is 49.2 Å². The summed E-state index contributed by atoms with van der Waals surface area (Å²) in [4.78, 5) is 27.9. The molecule has 178 valence electrons. The maximum absolute atomic E-state index is 12.6. The van der Waals surface area contributed by atoms with E-state index in [1.807, 2.05) is 30.9 Å². The lowest BCUT2D eigenvalue weighted by atomic mass is 10.0. The third-order valence-corrected chi connectivity index (χ3v) is 6.89. The van der Waals surface area contributed by atoms with Gasteiger partial charge < -0.3 is 15.1 Å². The molecule has 8 heteroatoms. The van der Waals surface area contributed by atoms with Gasteiger partial charge in [-0.05, 0) is 38.9 Å². The standard InChI is InChI=1S/C21H29N5OS.C4H5Br/c1-5-15(4)24-20-19-16-10-12-26(13-17(16)28-21(19)23-14-22-20)18(27)9-8-11-25(6-2)7-3;1-3-4(2)5/h5,8-9,14H,6-7,10-13H2,1-4H3,(H,22,23,24);3H,1-2H2/b9-8+,15-5+;. The quantitative estimate of drug-likeness (QED) is 0.339. The molecule has 3 heterocycles. The van der Waals surface area contributed by atoms with Gasteiger partial charge in [0.2, 0.25) is 5.91 Å². The first-order valence-corrected chi connectivity index (χ1v) is 12.7. The topological polar surface area (TPSA) is 61.4 Å². The Morgan fingerprint density at radius 3 is 2.67 bits per heavy atom. The number of carbonyl (C=O) groups is 1. The number of carbonyl (C=O) groups excluding carboxylic acids is 1. The van der Waals surface area contributed by atoms with E-state index in [0.29, 0.717) is 6.54 Å². The molecule has 0 aromatic carbocycles. The van der Waals surface area contributed by atoms with Crippen molar-refractivity contribution in [1.29, 1.82) is 0 Å². The number of anilines is 1. The Balaban J connectivity index is 0.000000696. The van der Waals surface area contributed by atoms with E-state index in [0.717, 1.165) is 58.8 Å². The predicted octanol–water partition coefficient (Wildman–Crippen LogP) is 5.89. The summed E-state index contributed by atoms with van der Waals surface area (Å²) in [5.74, 6) is 0.946. The first kappa shape index (κ1) is 27.0. The fourth-order valence-electron chi connectivity index (χ4n) is 3.36. The average Bonchev–Trinajstić information content (AvgIpc) is 3.20. The van der Waals surface area contributed by atoms with E-state index in [1.165, 1.54) is 10.4 Å². The Morgan fingerprint density at radius 1 is 1.36 bits per heavy atom. The number of amides is 1. The highest BCUT2D eigenvalue weighted by Gasteiger charge is 2.25. The molecule has 3 rings (SSSR count). The van der Waals surface area contributed by atoms with Gasteiger partial charge in [-0.25, -0.2) is 9.97 Å². The summed E-state index contributed by atoms with van der Waals surface area (Å²) < 4.78 is 0.831. The van der Waals surface area contributed by atoms with Crippen LogP contribution in [0.2, 0.25) is 0 Å². The van der Waals surface area contributed by atoms with Crippen molar-refractivity contribution in [2.75, 3.05) is 31.5 Å². The summed E-state index contributed by atoms with van der Waals surface area (Å²) in [6.07, 6.45) is 9.80. The van der Waals surface area contributed by atoms with Gasteiger partial charge in [-0.3, -0.25) is 4.79 Å². The number of aromatic nitrogens is 2. The largest absolute Gasteiger partial charge is 0.344 e. The molecule has 2 aromatic heterocycles. The number of likely N-dealkylation sites (N-methyl/N-ethyl adjacent to an activating group) is 1. The van der Waals surface area contributed by atoms with Crippen LogP contribution in [0.25, 0.3) is 10.2 Å². The lowest BCUT2D eigenvalue weighted by Crippen LogP contribution is -2.34. The van der Waals surface area contributed by atoms with E-state index in [-0.39, 0.29) is 5.91 Å². The fourth-order valence-corrected chi connectivity index (χ4v) is 4.56. The number of halogens is 1. The zero-order chi connectivity index (χ0) is 24.4. The summed E-state index contributed by atoms with van der Waals surface area (Å²) in [5.41, 5.74) is 2.34. The Morgan fingerprint density at radius 2 is 2.06 bits per heavy atom. The summed E-state index contributed by atoms with van der Waals surface area (Å²) >= 11 is 4.73. The first-order valence-electron chi connectivity index (χ1n) is 11.1. The summed E-state index contributed by atoms with van der Waals surface area (Å²) in [7, 11) is 0. The van der Waals surface area contributed by atoms with Gasteiger partial charge in [-0.2, -0.15) is 0 Å². The van der Waals surface area contributed by atoms with Crippen molar-refractivity contribution in [2.45, 2.75) is 40.7 Å². The van der Waals surface area contributed by atoms with Crippen LogP contribution in [-0.4, -0.2) is 51.9 Å². The Labute approximate surface area is 209 Å². The van der Waals surface area contributed by atoms with Gasteiger partial charge >= 0.3 is 0 Å². The Kier molecular flexibility index (Phi) is 11.0. The molecule has 1 amide bonds. The van der Waals surface area contributed by atoms with E-state index in [4.69, 9.17) is 0 Å². The lowest BCUT2D eigenvalue weighted by molar-refractivity contribution is -0.126. The number of nitrogens with zero attached hydrogens (tertiary/aromatic N) is 4. The number of thiophene rings is 1. The highest BCUT2D eigenvalue weighted by atomic mass is 79.9. The Bertz CT molecular complexity index is 1040. The molecule has 0 bridgehead atoms. The molecule has 0 atom stereocenters. The SMILES string of the molecule is C/C=C(\C)Nc1ncnc2sc3c(c12)CCN(C(=O)/C=C/CN(CC)CC)C3.C=CC(=C)Br. The molecule has 1 N–H and O–H groups in total. The molecule has 0 spiro atoms. The molecule has 1 aliphatic rings. The van der Waals surface area contributed by atoms with Crippen molar-refractivity contribution in [2.24, 2.45) is 0 Å². The van der Waals surface area contributed by atoms with Gasteiger partial charge in [0.25, 0.3) is 0 Å². The zero-order valence-corrected chi connectivity index (χ0v) is 22.4. The molecule has 0 radical (unpaired) electrons. The second-order valence-electron chi connectivity index (χ2n) is 7.55. The average molecular weight is 533 g/mol. The van der Waals surface area contributed by atoms with Crippen molar-refractivity contribution < 1.29 is 4.79 Å². The van der Waals surface area contributed by atoms with Gasteiger partial charge in [0.05, 0.1) is 11.9 Å². The van der Waals surface area contributed by atoms with Crippen LogP contribution in [0.3, 0.4) is 0 Å². The van der Waals surface area contributed by atoms with Gasteiger partial charge in [-0.15, -0.1) is 11.3 Å². The monoisotopic (exact) mass is 531 g/mol. The van der Waals surface area contributed by atoms with Crippen LogP contribution in [0.15, 0.2) is 54.0 Å². The maximum atomic E-state index is 12.6. The summed E-state index contributed by atoms with van der Waals surface area (Å²) in [6, 6.07) is 0. The van der Waals surface area contributed by atoms with Gasteiger partial charge in [-0.1, -0.05) is 61.2 Å². The van der Waals surface area contributed by atoms with Crippen molar-refractivity contribution in [1.82, 2.24) is 19.8 Å². The number of hydrogen-bond acceptors (Lipinski definition) is 6. The fraction of sp³-hybridized carbons (Fsp3) is 0.400. The number of hydrogen-bond donors (Lipinski definition) is 1. The van der Waals surface area contributed by atoms with Crippen molar-refractivity contribution in [3.8, 4) is 0 Å². The molecule has 0 saturated heterocycles. The number of allylic oxidation sites excluding steroid dienone is 4. The highest BCUT2D eigenvalue weighted by Crippen LogP contribution is 2.37.